The van der Waals surface area contributed by atoms with Crippen LogP contribution in [0.2, 0.25) is 10.0 Å². The molecule has 0 heterocycles. The number of hydrogen-bond donors (Lipinski definition) is 1. The van der Waals surface area contributed by atoms with Gasteiger partial charge in [0.1, 0.15) is 11.6 Å². The van der Waals surface area contributed by atoms with Gasteiger partial charge in [-0.3, -0.25) is 4.79 Å². The molecule has 0 aliphatic heterocycles. The summed E-state index contributed by atoms with van der Waals surface area (Å²) in [7, 11) is -4.58. The molecule has 0 saturated carbocycles. The molecule has 1 N–H and O–H groups in total. The van der Waals surface area contributed by atoms with Crippen LogP contribution in [0.3, 0.4) is 0 Å². The van der Waals surface area contributed by atoms with Crippen LogP contribution in [0, 0.1) is 5.82 Å². The molecule has 5 rings (SSSR count). The molecule has 0 saturated heterocycles. The van der Waals surface area contributed by atoms with E-state index >= 15 is 0 Å². The summed E-state index contributed by atoms with van der Waals surface area (Å²) in [4.78, 5) is 13.9. The van der Waals surface area contributed by atoms with Gasteiger partial charge in [-0.25, -0.2) is 8.70 Å². The van der Waals surface area contributed by atoms with Gasteiger partial charge >= 0.3 is 10.2 Å². The smallest absolute Gasteiger partial charge is 0.307 e. The van der Waals surface area contributed by atoms with Gasteiger partial charge in [-0.1, -0.05) is 102 Å². The highest BCUT2D eigenvalue weighted by Crippen LogP contribution is 2.31. The fourth-order valence-electron chi connectivity index (χ4n) is 4.68. The topological polar surface area (TPSA) is 77.9 Å². The first-order chi connectivity index (χ1) is 21.1. The Morgan fingerprint density at radius 1 is 0.682 bits per heavy atom. The number of hydrogen-bond acceptors (Lipinski definition) is 4. The SMILES string of the molecule is O=C(c1cccc(Cl)c1O)N(Cc1ccccc1)S(=O)(=O)N(Cc1ccc(F)cc1)Cc1cccc(-c2ccc(Cl)cc2)c1. The van der Waals surface area contributed by atoms with Crippen molar-refractivity contribution < 1.29 is 22.7 Å². The van der Waals surface area contributed by atoms with E-state index in [-0.39, 0.29) is 30.2 Å². The maximum Gasteiger partial charge on any atom is 0.307 e. The average Bonchev–Trinajstić information content (AvgIpc) is 3.02. The fraction of sp³-hybridized carbons (Fsp3) is 0.0882. The van der Waals surface area contributed by atoms with E-state index in [9.17, 15) is 22.7 Å². The number of aromatic hydroxyl groups is 1. The van der Waals surface area contributed by atoms with Crippen LogP contribution in [0.25, 0.3) is 11.1 Å². The zero-order valence-electron chi connectivity index (χ0n) is 23.3. The van der Waals surface area contributed by atoms with Gasteiger partial charge in [0.2, 0.25) is 0 Å². The summed E-state index contributed by atoms with van der Waals surface area (Å²) in [5.74, 6) is -1.93. The normalized spacial score (nSPS) is 11.5. The molecule has 6 nitrogen and oxygen atoms in total. The molecule has 0 fully saturated rings. The van der Waals surface area contributed by atoms with Crippen LogP contribution in [0.15, 0.2) is 121 Å². The largest absolute Gasteiger partial charge is 0.506 e. The Morgan fingerprint density at radius 2 is 1.30 bits per heavy atom. The molecular formula is C34H27Cl2FN2O4S. The molecule has 1 amide bonds. The molecule has 0 spiro atoms. The molecule has 10 heteroatoms. The van der Waals surface area contributed by atoms with Crippen molar-refractivity contribution in [2.24, 2.45) is 0 Å². The summed E-state index contributed by atoms with van der Waals surface area (Å²) in [6, 6.07) is 33.0. The van der Waals surface area contributed by atoms with Gasteiger partial charge in [0.25, 0.3) is 5.91 Å². The third-order valence-corrected chi connectivity index (χ3v) is 9.27. The number of para-hydroxylation sites is 1. The van der Waals surface area contributed by atoms with Crippen LogP contribution in [-0.2, 0) is 29.8 Å². The van der Waals surface area contributed by atoms with Crippen LogP contribution < -0.4 is 0 Å². The maximum atomic E-state index is 14.5. The first kappa shape index (κ1) is 31.2. The number of amides is 1. The van der Waals surface area contributed by atoms with Gasteiger partial charge in [0.15, 0.2) is 0 Å². The second-order valence-corrected chi connectivity index (χ2v) is 12.7. The Balaban J connectivity index is 1.58. The van der Waals surface area contributed by atoms with E-state index < -0.39 is 27.7 Å². The Morgan fingerprint density at radius 3 is 2.00 bits per heavy atom. The van der Waals surface area contributed by atoms with E-state index in [1.807, 2.05) is 30.3 Å². The van der Waals surface area contributed by atoms with Gasteiger partial charge in [0.05, 0.1) is 17.1 Å². The van der Waals surface area contributed by atoms with Crippen molar-refractivity contribution in [1.82, 2.24) is 8.61 Å². The number of phenolic OH excluding ortho intramolecular Hbond substituents is 1. The van der Waals surface area contributed by atoms with Gasteiger partial charge in [-0.15, -0.1) is 0 Å². The number of halogens is 3. The highest BCUT2D eigenvalue weighted by molar-refractivity contribution is 7.87. The number of carbonyl (C=O) groups excluding carboxylic acids is 1. The number of nitrogens with zero attached hydrogens (tertiary/aromatic N) is 2. The zero-order valence-corrected chi connectivity index (χ0v) is 25.6. The molecule has 0 atom stereocenters. The summed E-state index contributed by atoms with van der Waals surface area (Å²) < 4.78 is 44.7. The third kappa shape index (κ3) is 7.29. The Hall–Kier alpha value is -4.21. The average molecular weight is 650 g/mol. The molecule has 5 aromatic rings. The van der Waals surface area contributed by atoms with Crippen LogP contribution in [0.4, 0.5) is 4.39 Å². The minimum Gasteiger partial charge on any atom is -0.506 e. The van der Waals surface area contributed by atoms with E-state index in [0.717, 1.165) is 19.7 Å². The van der Waals surface area contributed by atoms with Crippen molar-refractivity contribution >= 4 is 39.3 Å². The molecule has 5 aromatic carbocycles. The first-order valence-electron chi connectivity index (χ1n) is 13.5. The van der Waals surface area contributed by atoms with Crippen molar-refractivity contribution in [2.45, 2.75) is 19.6 Å². The van der Waals surface area contributed by atoms with Gasteiger partial charge in [-0.2, -0.15) is 12.7 Å². The Kier molecular flexibility index (Phi) is 9.66. The molecular weight excluding hydrogens is 622 g/mol. The summed E-state index contributed by atoms with van der Waals surface area (Å²) in [5.41, 5.74) is 3.20. The number of benzene rings is 5. The van der Waals surface area contributed by atoms with Crippen molar-refractivity contribution in [2.75, 3.05) is 0 Å². The summed E-state index contributed by atoms with van der Waals surface area (Å²) in [6.45, 7) is -0.576. The van der Waals surface area contributed by atoms with Crippen LogP contribution >= 0.6 is 23.2 Å². The van der Waals surface area contributed by atoms with Crippen LogP contribution in [-0.4, -0.2) is 28.0 Å². The standard InChI is InChI=1S/C34H27Cl2FN2O4S/c35-29-16-14-27(15-17-29)28-9-4-8-26(20-28)22-38(21-25-12-18-30(37)19-13-25)44(42,43)39(23-24-6-2-1-3-7-24)34(41)31-10-5-11-32(36)33(31)40/h1-20,40H,21-23H2. The number of phenols is 1. The lowest BCUT2D eigenvalue weighted by Crippen LogP contribution is -2.46. The van der Waals surface area contributed by atoms with E-state index in [1.54, 1.807) is 48.5 Å². The van der Waals surface area contributed by atoms with E-state index in [2.05, 4.69) is 0 Å². The van der Waals surface area contributed by atoms with Crippen molar-refractivity contribution in [3.63, 3.8) is 0 Å². The second-order valence-electron chi connectivity index (χ2n) is 10.0. The Bertz CT molecular complexity index is 1870. The molecule has 0 aliphatic rings. The number of rotatable bonds is 10. The molecule has 0 aliphatic carbocycles. The third-order valence-electron chi connectivity index (χ3n) is 6.95. The molecule has 0 radical (unpaired) electrons. The van der Waals surface area contributed by atoms with Crippen molar-refractivity contribution in [1.29, 1.82) is 0 Å². The maximum absolute atomic E-state index is 14.5. The molecule has 0 aromatic heterocycles. The Labute approximate surface area is 265 Å². The summed E-state index contributed by atoms with van der Waals surface area (Å²) in [5, 5.41) is 11.1. The summed E-state index contributed by atoms with van der Waals surface area (Å²) in [6.07, 6.45) is 0. The van der Waals surface area contributed by atoms with Gasteiger partial charge in [0, 0.05) is 18.1 Å². The minimum atomic E-state index is -4.58. The van der Waals surface area contributed by atoms with Crippen molar-refractivity contribution in [3.05, 3.63) is 159 Å². The number of carbonyl (C=O) groups is 1. The van der Waals surface area contributed by atoms with Crippen LogP contribution in [0.5, 0.6) is 5.75 Å². The highest BCUT2D eigenvalue weighted by atomic mass is 35.5. The second kappa shape index (κ2) is 13.6. The lowest BCUT2D eigenvalue weighted by molar-refractivity contribution is 0.0842. The molecule has 0 unspecified atom stereocenters. The fourth-order valence-corrected chi connectivity index (χ4v) is 6.50. The molecule has 0 bridgehead atoms. The highest BCUT2D eigenvalue weighted by Gasteiger charge is 2.36. The van der Waals surface area contributed by atoms with E-state index in [4.69, 9.17) is 23.2 Å². The minimum absolute atomic E-state index is 0.0879. The van der Waals surface area contributed by atoms with Crippen LogP contribution in [0.1, 0.15) is 27.0 Å². The lowest BCUT2D eigenvalue weighted by Gasteiger charge is -2.31. The van der Waals surface area contributed by atoms with E-state index in [0.29, 0.717) is 21.7 Å². The van der Waals surface area contributed by atoms with Crippen molar-refractivity contribution in [3.8, 4) is 16.9 Å². The lowest BCUT2D eigenvalue weighted by atomic mass is 10.0. The first-order valence-corrected chi connectivity index (χ1v) is 15.7. The van der Waals surface area contributed by atoms with Gasteiger partial charge < -0.3 is 5.11 Å². The predicted molar refractivity (Wildman–Crippen MR) is 171 cm³/mol. The predicted octanol–water partition coefficient (Wildman–Crippen LogP) is 8.09. The quantitative estimate of drug-likeness (QED) is 0.166. The zero-order chi connectivity index (χ0) is 31.3. The van der Waals surface area contributed by atoms with Gasteiger partial charge in [-0.05, 0) is 70.3 Å². The molecule has 224 valence electrons. The summed E-state index contributed by atoms with van der Waals surface area (Å²) >= 11 is 12.1. The van der Waals surface area contributed by atoms with E-state index in [1.165, 1.54) is 42.5 Å². The monoisotopic (exact) mass is 648 g/mol. The molecule has 44 heavy (non-hydrogen) atoms.